The Morgan fingerprint density at radius 1 is 1.26 bits per heavy atom. The first kappa shape index (κ1) is 24.4. The van der Waals surface area contributed by atoms with Crippen molar-refractivity contribution >= 4 is 23.6 Å². The number of carboxylic acid groups (broad SMARTS) is 1. The average molecular weight is 481 g/mol. The van der Waals surface area contributed by atoms with Crippen molar-refractivity contribution in [1.29, 1.82) is 0 Å². The first-order valence-corrected chi connectivity index (χ1v) is 11.8. The van der Waals surface area contributed by atoms with Crippen molar-refractivity contribution < 1.29 is 23.8 Å². The SMILES string of the molecule is CCc1cc(C(=O)N2CCCCCC2C)nc2cc(-c3ccc(/C=C/C(=O)O)c(OC)c3F)nn12. The van der Waals surface area contributed by atoms with Gasteiger partial charge in [-0.05, 0) is 44.4 Å². The van der Waals surface area contributed by atoms with Crippen molar-refractivity contribution in [2.45, 2.75) is 52.0 Å². The van der Waals surface area contributed by atoms with Crippen LogP contribution in [0.5, 0.6) is 5.75 Å². The van der Waals surface area contributed by atoms with Crippen LogP contribution in [0.2, 0.25) is 0 Å². The van der Waals surface area contributed by atoms with E-state index in [-0.39, 0.29) is 23.3 Å². The summed E-state index contributed by atoms with van der Waals surface area (Å²) in [5, 5.41) is 13.4. The number of benzene rings is 1. The number of aryl methyl sites for hydroxylation is 1. The normalized spacial score (nSPS) is 16.6. The van der Waals surface area contributed by atoms with Crippen LogP contribution in [0.1, 0.15) is 61.3 Å². The maximum atomic E-state index is 15.3. The van der Waals surface area contributed by atoms with Crippen LogP contribution < -0.4 is 4.74 Å². The largest absolute Gasteiger partial charge is 0.493 e. The van der Waals surface area contributed by atoms with E-state index in [4.69, 9.17) is 9.84 Å². The Bertz CT molecular complexity index is 1300. The van der Waals surface area contributed by atoms with Gasteiger partial charge >= 0.3 is 5.97 Å². The predicted molar refractivity (Wildman–Crippen MR) is 130 cm³/mol. The van der Waals surface area contributed by atoms with Gasteiger partial charge in [0, 0.05) is 41.5 Å². The van der Waals surface area contributed by atoms with Gasteiger partial charge in [-0.1, -0.05) is 25.8 Å². The number of methoxy groups -OCH3 is 1. The molecular weight excluding hydrogens is 451 g/mol. The molecule has 4 rings (SSSR count). The fourth-order valence-corrected chi connectivity index (χ4v) is 4.52. The molecule has 1 atom stereocenters. The van der Waals surface area contributed by atoms with Gasteiger partial charge in [0.15, 0.2) is 17.2 Å². The van der Waals surface area contributed by atoms with E-state index >= 15 is 4.39 Å². The maximum absolute atomic E-state index is 15.3. The van der Waals surface area contributed by atoms with Gasteiger partial charge in [0.1, 0.15) is 5.69 Å². The van der Waals surface area contributed by atoms with Crippen LogP contribution in [0.3, 0.4) is 0 Å². The number of hydrogen-bond acceptors (Lipinski definition) is 5. The minimum absolute atomic E-state index is 0.0771. The van der Waals surface area contributed by atoms with Gasteiger partial charge in [-0.3, -0.25) is 4.79 Å². The van der Waals surface area contributed by atoms with E-state index in [1.54, 1.807) is 22.7 Å². The van der Waals surface area contributed by atoms with E-state index < -0.39 is 11.8 Å². The molecule has 0 radical (unpaired) electrons. The second-order valence-corrected chi connectivity index (χ2v) is 8.70. The summed E-state index contributed by atoms with van der Waals surface area (Å²) < 4.78 is 22.2. The highest BCUT2D eigenvalue weighted by Gasteiger charge is 2.25. The number of carbonyl (C=O) groups excluding carboxylic acids is 1. The quantitative estimate of drug-likeness (QED) is 0.518. The summed E-state index contributed by atoms with van der Waals surface area (Å²) in [5.41, 5.74) is 2.44. The molecule has 8 nitrogen and oxygen atoms in total. The van der Waals surface area contributed by atoms with Crippen molar-refractivity contribution in [3.63, 3.8) is 0 Å². The van der Waals surface area contributed by atoms with Crippen LogP contribution in [-0.4, -0.2) is 56.2 Å². The lowest BCUT2D eigenvalue weighted by Gasteiger charge is -2.27. The summed E-state index contributed by atoms with van der Waals surface area (Å²) in [6, 6.07) is 6.67. The Balaban J connectivity index is 1.76. The molecule has 1 aromatic carbocycles. The molecule has 1 unspecified atom stereocenters. The molecule has 3 heterocycles. The Kier molecular flexibility index (Phi) is 7.14. The highest BCUT2D eigenvalue weighted by atomic mass is 19.1. The molecule has 1 aliphatic heterocycles. The number of hydrogen-bond donors (Lipinski definition) is 1. The zero-order chi connectivity index (χ0) is 25.1. The van der Waals surface area contributed by atoms with E-state index in [0.717, 1.165) is 37.5 Å². The van der Waals surface area contributed by atoms with E-state index in [1.165, 1.54) is 19.3 Å². The summed E-state index contributed by atoms with van der Waals surface area (Å²) in [6.45, 7) is 4.75. The van der Waals surface area contributed by atoms with Crippen LogP contribution >= 0.6 is 0 Å². The molecule has 0 saturated carbocycles. The van der Waals surface area contributed by atoms with E-state index in [9.17, 15) is 9.59 Å². The Morgan fingerprint density at radius 2 is 2.06 bits per heavy atom. The third kappa shape index (κ3) is 4.89. The van der Waals surface area contributed by atoms with Gasteiger partial charge in [0.25, 0.3) is 5.91 Å². The molecular formula is C26H29FN4O4. The zero-order valence-electron chi connectivity index (χ0n) is 20.1. The van der Waals surface area contributed by atoms with Crippen LogP contribution in [0, 0.1) is 5.82 Å². The number of fused-ring (bicyclic) bond motifs is 1. The lowest BCUT2D eigenvalue weighted by molar-refractivity contribution is -0.131. The molecule has 0 bridgehead atoms. The molecule has 1 saturated heterocycles. The molecule has 9 heteroatoms. The maximum Gasteiger partial charge on any atom is 0.328 e. The number of ether oxygens (including phenoxy) is 1. The Hall–Kier alpha value is -3.75. The number of halogens is 1. The van der Waals surface area contributed by atoms with Crippen molar-refractivity contribution in [2.24, 2.45) is 0 Å². The summed E-state index contributed by atoms with van der Waals surface area (Å²) in [7, 11) is 1.32. The Morgan fingerprint density at radius 3 is 2.77 bits per heavy atom. The van der Waals surface area contributed by atoms with Crippen molar-refractivity contribution in [1.82, 2.24) is 19.5 Å². The lowest BCUT2D eigenvalue weighted by atomic mass is 10.1. The fraction of sp³-hybridized carbons (Fsp3) is 0.385. The van der Waals surface area contributed by atoms with E-state index in [1.807, 2.05) is 11.8 Å². The minimum Gasteiger partial charge on any atom is -0.493 e. The van der Waals surface area contributed by atoms with E-state index in [2.05, 4.69) is 17.0 Å². The molecule has 184 valence electrons. The van der Waals surface area contributed by atoms with Gasteiger partial charge in [-0.2, -0.15) is 5.10 Å². The monoisotopic (exact) mass is 480 g/mol. The number of aliphatic carboxylic acids is 1. The molecule has 0 spiro atoms. The summed E-state index contributed by atoms with van der Waals surface area (Å²) in [5.74, 6) is -1.97. The number of carbonyl (C=O) groups is 2. The summed E-state index contributed by atoms with van der Waals surface area (Å²) >= 11 is 0. The topological polar surface area (TPSA) is 97.0 Å². The number of amides is 1. The van der Waals surface area contributed by atoms with Crippen LogP contribution in [0.15, 0.2) is 30.3 Å². The van der Waals surface area contributed by atoms with Crippen molar-refractivity contribution in [2.75, 3.05) is 13.7 Å². The predicted octanol–water partition coefficient (Wildman–Crippen LogP) is 4.61. The van der Waals surface area contributed by atoms with Gasteiger partial charge < -0.3 is 14.7 Å². The molecule has 2 aromatic heterocycles. The second kappa shape index (κ2) is 10.2. The number of nitrogens with zero attached hydrogens (tertiary/aromatic N) is 4. The van der Waals surface area contributed by atoms with Gasteiger partial charge in [-0.25, -0.2) is 18.7 Å². The third-order valence-corrected chi connectivity index (χ3v) is 6.41. The molecule has 1 fully saturated rings. The highest BCUT2D eigenvalue weighted by Crippen LogP contribution is 2.33. The van der Waals surface area contributed by atoms with Crippen molar-refractivity contribution in [3.8, 4) is 17.0 Å². The zero-order valence-corrected chi connectivity index (χ0v) is 20.1. The smallest absolute Gasteiger partial charge is 0.328 e. The van der Waals surface area contributed by atoms with Crippen LogP contribution in [0.25, 0.3) is 23.0 Å². The molecule has 3 aromatic rings. The fourth-order valence-electron chi connectivity index (χ4n) is 4.52. The number of aromatic nitrogens is 3. The van der Waals surface area contributed by atoms with Crippen LogP contribution in [-0.2, 0) is 11.2 Å². The molecule has 35 heavy (non-hydrogen) atoms. The highest BCUT2D eigenvalue weighted by molar-refractivity contribution is 5.93. The summed E-state index contributed by atoms with van der Waals surface area (Å²) in [6.07, 6.45) is 6.99. The first-order valence-electron chi connectivity index (χ1n) is 11.8. The van der Waals surface area contributed by atoms with Gasteiger partial charge in [-0.15, -0.1) is 0 Å². The molecule has 1 aliphatic rings. The average Bonchev–Trinajstić information content (AvgIpc) is 3.15. The minimum atomic E-state index is -1.14. The standard InChI is InChI=1S/C26H29FN4O4/c1-4-18-14-21(26(34)30-13-7-5-6-8-16(30)2)28-22-15-20(29-31(18)22)19-11-9-17(10-12-23(32)33)25(35-3)24(19)27/h9-12,14-16H,4-8,13H2,1-3H3,(H,32,33)/b12-10+. The molecule has 1 amide bonds. The third-order valence-electron chi connectivity index (χ3n) is 6.41. The van der Waals surface area contributed by atoms with E-state index in [0.29, 0.717) is 35.6 Å². The van der Waals surface area contributed by atoms with Gasteiger partial charge in [0.05, 0.1) is 12.8 Å². The molecule has 0 aliphatic carbocycles. The first-order chi connectivity index (χ1) is 16.8. The lowest BCUT2D eigenvalue weighted by Crippen LogP contribution is -2.38. The van der Waals surface area contributed by atoms with Gasteiger partial charge in [0.2, 0.25) is 0 Å². The second-order valence-electron chi connectivity index (χ2n) is 8.70. The number of likely N-dealkylation sites (tertiary alicyclic amines) is 1. The molecule has 1 N–H and O–H groups in total. The van der Waals surface area contributed by atoms with Crippen molar-refractivity contribution in [3.05, 3.63) is 53.1 Å². The number of rotatable bonds is 6. The Labute approximate surface area is 203 Å². The number of carboxylic acids is 1. The van der Waals surface area contributed by atoms with Crippen LogP contribution in [0.4, 0.5) is 4.39 Å². The summed E-state index contributed by atoms with van der Waals surface area (Å²) in [4.78, 5) is 30.7.